The van der Waals surface area contributed by atoms with Crippen molar-refractivity contribution in [3.8, 4) is 0 Å². The average Bonchev–Trinajstić information content (AvgIpc) is 2.53. The van der Waals surface area contributed by atoms with E-state index in [-0.39, 0.29) is 24.0 Å². The summed E-state index contributed by atoms with van der Waals surface area (Å²) < 4.78 is 0. The van der Waals surface area contributed by atoms with Crippen LogP contribution >= 0.6 is 0 Å². The summed E-state index contributed by atoms with van der Waals surface area (Å²) >= 11 is 0. The Morgan fingerprint density at radius 2 is 2.12 bits per heavy atom. The lowest BCUT2D eigenvalue weighted by Crippen LogP contribution is -2.31. The van der Waals surface area contributed by atoms with E-state index in [9.17, 15) is 9.59 Å². The highest BCUT2D eigenvalue weighted by Gasteiger charge is 2.39. The Balaban J connectivity index is 2.32. The number of hydrogen-bond donors (Lipinski definition) is 1. The smallest absolute Gasteiger partial charge is 0.226 e. The SMILES string of the molecule is CC1=C(CC(C)C)C(=O)[C@H]2CC(=O)NC2=N1. The zero-order valence-electron chi connectivity index (χ0n) is 9.83. The molecule has 2 rings (SSSR count). The number of Topliss-reactive ketones (excluding diaryl/α,β-unsaturated/α-hetero) is 1. The molecule has 0 bridgehead atoms. The number of nitrogens with one attached hydrogen (secondary N) is 1. The molecule has 16 heavy (non-hydrogen) atoms. The number of carbonyl (C=O) groups excluding carboxylic acids is 2. The van der Waals surface area contributed by atoms with Crippen LogP contribution < -0.4 is 5.32 Å². The van der Waals surface area contributed by atoms with Crippen LogP contribution in [-0.2, 0) is 9.59 Å². The van der Waals surface area contributed by atoms with Gasteiger partial charge in [-0.2, -0.15) is 0 Å². The van der Waals surface area contributed by atoms with Crippen LogP contribution in [0.4, 0.5) is 0 Å². The van der Waals surface area contributed by atoms with Crippen LogP contribution in [0.25, 0.3) is 0 Å². The largest absolute Gasteiger partial charge is 0.314 e. The molecular formula is C12H16N2O2. The Labute approximate surface area is 94.8 Å². The molecule has 2 aliphatic rings. The molecule has 0 aromatic heterocycles. The summed E-state index contributed by atoms with van der Waals surface area (Å²) in [4.78, 5) is 27.7. The van der Waals surface area contributed by atoms with Crippen LogP contribution in [0, 0.1) is 11.8 Å². The van der Waals surface area contributed by atoms with E-state index in [0.29, 0.717) is 11.8 Å². The predicted molar refractivity (Wildman–Crippen MR) is 60.8 cm³/mol. The van der Waals surface area contributed by atoms with Crippen molar-refractivity contribution in [3.63, 3.8) is 0 Å². The van der Waals surface area contributed by atoms with E-state index in [0.717, 1.165) is 17.7 Å². The normalized spacial score (nSPS) is 24.8. The highest BCUT2D eigenvalue weighted by molar-refractivity contribution is 6.22. The second kappa shape index (κ2) is 3.85. The Bertz CT molecular complexity index is 419. The number of aliphatic imine (C=N–C) groups is 1. The summed E-state index contributed by atoms with van der Waals surface area (Å²) in [7, 11) is 0. The number of amides is 1. The van der Waals surface area contributed by atoms with Crippen LogP contribution in [0.3, 0.4) is 0 Å². The summed E-state index contributed by atoms with van der Waals surface area (Å²) in [5.74, 6) is 0.603. The summed E-state index contributed by atoms with van der Waals surface area (Å²) in [5, 5.41) is 2.65. The van der Waals surface area contributed by atoms with E-state index >= 15 is 0 Å². The van der Waals surface area contributed by atoms with Gasteiger partial charge in [-0.3, -0.25) is 9.59 Å². The van der Waals surface area contributed by atoms with Gasteiger partial charge in [-0.15, -0.1) is 0 Å². The molecule has 0 saturated carbocycles. The molecule has 1 N–H and O–H groups in total. The summed E-state index contributed by atoms with van der Waals surface area (Å²) in [6.45, 7) is 5.99. The molecule has 0 radical (unpaired) electrons. The fourth-order valence-corrected chi connectivity index (χ4v) is 2.18. The van der Waals surface area contributed by atoms with Crippen LogP contribution in [0.2, 0.25) is 0 Å². The maximum Gasteiger partial charge on any atom is 0.226 e. The fraction of sp³-hybridized carbons (Fsp3) is 0.583. The minimum Gasteiger partial charge on any atom is -0.314 e. The van der Waals surface area contributed by atoms with E-state index < -0.39 is 0 Å². The Kier molecular flexibility index (Phi) is 2.66. The minimum atomic E-state index is -0.343. The van der Waals surface area contributed by atoms with Crippen molar-refractivity contribution in [3.05, 3.63) is 11.3 Å². The number of ketones is 1. The van der Waals surface area contributed by atoms with E-state index in [1.807, 2.05) is 6.92 Å². The maximum atomic E-state index is 12.2. The van der Waals surface area contributed by atoms with Gasteiger partial charge in [-0.25, -0.2) is 4.99 Å². The van der Waals surface area contributed by atoms with E-state index in [1.165, 1.54) is 0 Å². The van der Waals surface area contributed by atoms with E-state index in [2.05, 4.69) is 24.2 Å². The van der Waals surface area contributed by atoms with Gasteiger partial charge in [-0.1, -0.05) is 13.8 Å². The van der Waals surface area contributed by atoms with Crippen LogP contribution in [0.15, 0.2) is 16.3 Å². The fourth-order valence-electron chi connectivity index (χ4n) is 2.18. The first-order valence-corrected chi connectivity index (χ1v) is 5.61. The number of hydrogen-bond acceptors (Lipinski definition) is 3. The van der Waals surface area contributed by atoms with Gasteiger partial charge in [-0.05, 0) is 19.3 Å². The van der Waals surface area contributed by atoms with Crippen LogP contribution in [-0.4, -0.2) is 17.5 Å². The predicted octanol–water partition coefficient (Wildman–Crippen LogP) is 1.42. The van der Waals surface area contributed by atoms with Gasteiger partial charge in [0, 0.05) is 17.7 Å². The van der Waals surface area contributed by atoms with Crippen LogP contribution in [0.1, 0.15) is 33.6 Å². The van der Waals surface area contributed by atoms with Crippen molar-refractivity contribution in [2.45, 2.75) is 33.6 Å². The summed E-state index contributed by atoms with van der Waals surface area (Å²) in [6, 6.07) is 0. The number of amidine groups is 1. The lowest BCUT2D eigenvalue weighted by Gasteiger charge is -2.19. The highest BCUT2D eigenvalue weighted by atomic mass is 16.2. The van der Waals surface area contributed by atoms with Crippen molar-refractivity contribution in [2.24, 2.45) is 16.8 Å². The number of rotatable bonds is 2. The molecule has 4 heteroatoms. The van der Waals surface area contributed by atoms with Crippen molar-refractivity contribution in [1.29, 1.82) is 0 Å². The second-order valence-electron chi connectivity index (χ2n) is 4.83. The lowest BCUT2D eigenvalue weighted by atomic mass is 9.87. The molecule has 1 saturated heterocycles. The molecule has 1 atom stereocenters. The molecule has 0 unspecified atom stereocenters. The first-order chi connectivity index (χ1) is 7.49. The number of fused-ring (bicyclic) bond motifs is 1. The van der Waals surface area contributed by atoms with Crippen molar-refractivity contribution >= 4 is 17.5 Å². The molecule has 0 aliphatic carbocycles. The Morgan fingerprint density at radius 3 is 2.75 bits per heavy atom. The highest BCUT2D eigenvalue weighted by Crippen LogP contribution is 2.29. The zero-order chi connectivity index (χ0) is 11.9. The molecule has 0 aromatic rings. The first kappa shape index (κ1) is 11.0. The van der Waals surface area contributed by atoms with E-state index in [1.54, 1.807) is 0 Å². The summed E-state index contributed by atoms with van der Waals surface area (Å²) in [5.41, 5.74) is 1.55. The van der Waals surface area contributed by atoms with Crippen LogP contribution in [0.5, 0.6) is 0 Å². The number of allylic oxidation sites excluding steroid dienone is 2. The molecule has 2 heterocycles. The standard InChI is InChI=1S/C12H16N2O2/c1-6(2)4-8-7(3)13-12-9(11(8)16)5-10(15)14-12/h6,9H,4-5H2,1-3H3,(H,13,14,15)/t9-/m1/s1. The topological polar surface area (TPSA) is 58.5 Å². The molecule has 4 nitrogen and oxygen atoms in total. The third kappa shape index (κ3) is 1.79. The van der Waals surface area contributed by atoms with Gasteiger partial charge in [0.05, 0.1) is 5.92 Å². The maximum absolute atomic E-state index is 12.2. The average molecular weight is 220 g/mol. The number of nitrogens with zero attached hydrogens (tertiary/aromatic N) is 1. The monoisotopic (exact) mass is 220 g/mol. The number of carbonyl (C=O) groups is 2. The van der Waals surface area contributed by atoms with Gasteiger partial charge in [0.1, 0.15) is 5.84 Å². The Hall–Kier alpha value is -1.45. The van der Waals surface area contributed by atoms with Gasteiger partial charge < -0.3 is 5.32 Å². The second-order valence-corrected chi connectivity index (χ2v) is 4.83. The third-order valence-corrected chi connectivity index (χ3v) is 2.94. The molecule has 1 fully saturated rings. The Morgan fingerprint density at radius 1 is 1.44 bits per heavy atom. The van der Waals surface area contributed by atoms with Crippen molar-refractivity contribution < 1.29 is 9.59 Å². The van der Waals surface area contributed by atoms with Crippen molar-refractivity contribution in [1.82, 2.24) is 5.32 Å². The molecule has 86 valence electrons. The quantitative estimate of drug-likeness (QED) is 0.765. The first-order valence-electron chi connectivity index (χ1n) is 5.61. The van der Waals surface area contributed by atoms with E-state index in [4.69, 9.17) is 0 Å². The van der Waals surface area contributed by atoms with Gasteiger partial charge in [0.25, 0.3) is 0 Å². The molecule has 1 amide bonds. The lowest BCUT2D eigenvalue weighted by molar-refractivity contribution is -0.122. The van der Waals surface area contributed by atoms with Gasteiger partial charge in [0.15, 0.2) is 5.78 Å². The molecule has 2 aliphatic heterocycles. The zero-order valence-corrected chi connectivity index (χ0v) is 9.83. The minimum absolute atomic E-state index is 0.0783. The van der Waals surface area contributed by atoms with Gasteiger partial charge in [0.2, 0.25) is 5.91 Å². The van der Waals surface area contributed by atoms with Crippen molar-refractivity contribution in [2.75, 3.05) is 0 Å². The third-order valence-electron chi connectivity index (χ3n) is 2.94. The molecule has 0 aromatic carbocycles. The summed E-state index contributed by atoms with van der Waals surface area (Å²) in [6.07, 6.45) is 0.999. The van der Waals surface area contributed by atoms with Gasteiger partial charge >= 0.3 is 0 Å². The molecule has 0 spiro atoms. The molecular weight excluding hydrogens is 204 g/mol.